The van der Waals surface area contributed by atoms with Crippen molar-refractivity contribution in [1.29, 1.82) is 0 Å². The van der Waals surface area contributed by atoms with Gasteiger partial charge in [-0.05, 0) is 45.2 Å². The van der Waals surface area contributed by atoms with E-state index in [1.807, 2.05) is 11.8 Å². The standard InChI is InChI=1S/C16H25NOS/c1-12-6-7-13(2)16(11-12)19-10-8-17-14(3)15-5-4-9-18-15/h6-7,11,14-15,17H,4-5,8-10H2,1-3H3. The minimum absolute atomic E-state index is 0.422. The third kappa shape index (κ3) is 4.51. The van der Waals surface area contributed by atoms with Crippen LogP contribution in [0.25, 0.3) is 0 Å². The Hall–Kier alpha value is -0.510. The summed E-state index contributed by atoms with van der Waals surface area (Å²) in [7, 11) is 0. The largest absolute Gasteiger partial charge is 0.377 e. The maximum atomic E-state index is 5.70. The molecule has 0 saturated carbocycles. The fourth-order valence-corrected chi connectivity index (χ4v) is 3.44. The molecular formula is C16H25NOS. The van der Waals surface area contributed by atoms with Gasteiger partial charge in [0.15, 0.2) is 0 Å². The van der Waals surface area contributed by atoms with Crippen LogP contribution in [0, 0.1) is 13.8 Å². The molecule has 106 valence electrons. The van der Waals surface area contributed by atoms with Crippen molar-refractivity contribution in [3.8, 4) is 0 Å². The van der Waals surface area contributed by atoms with Crippen LogP contribution in [0.2, 0.25) is 0 Å². The Morgan fingerprint density at radius 2 is 2.26 bits per heavy atom. The molecule has 1 aliphatic rings. The molecule has 0 aromatic heterocycles. The van der Waals surface area contributed by atoms with Gasteiger partial charge in [-0.3, -0.25) is 0 Å². The van der Waals surface area contributed by atoms with Crippen LogP contribution in [0.4, 0.5) is 0 Å². The molecule has 1 heterocycles. The molecule has 1 fully saturated rings. The smallest absolute Gasteiger partial charge is 0.0726 e. The second-order valence-electron chi connectivity index (χ2n) is 5.41. The van der Waals surface area contributed by atoms with E-state index in [0.717, 1.165) is 18.9 Å². The van der Waals surface area contributed by atoms with E-state index in [1.54, 1.807) is 0 Å². The summed E-state index contributed by atoms with van der Waals surface area (Å²) in [5, 5.41) is 3.58. The molecule has 0 spiro atoms. The topological polar surface area (TPSA) is 21.3 Å². The lowest BCUT2D eigenvalue weighted by Gasteiger charge is -2.20. The van der Waals surface area contributed by atoms with Gasteiger partial charge in [0, 0.05) is 29.8 Å². The molecule has 0 radical (unpaired) electrons. The third-order valence-corrected chi connectivity index (χ3v) is 4.85. The second kappa shape index (κ2) is 7.32. The van der Waals surface area contributed by atoms with Crippen LogP contribution in [-0.2, 0) is 4.74 Å². The summed E-state index contributed by atoms with van der Waals surface area (Å²) in [6.07, 6.45) is 2.84. The maximum absolute atomic E-state index is 5.70. The summed E-state index contributed by atoms with van der Waals surface area (Å²) in [4.78, 5) is 1.41. The van der Waals surface area contributed by atoms with Gasteiger partial charge >= 0.3 is 0 Å². The summed E-state index contributed by atoms with van der Waals surface area (Å²) >= 11 is 1.94. The molecule has 0 bridgehead atoms. The minimum Gasteiger partial charge on any atom is -0.377 e. The molecule has 19 heavy (non-hydrogen) atoms. The lowest BCUT2D eigenvalue weighted by atomic mass is 10.1. The van der Waals surface area contributed by atoms with Crippen molar-refractivity contribution in [1.82, 2.24) is 5.32 Å². The average molecular weight is 279 g/mol. The number of hydrogen-bond donors (Lipinski definition) is 1. The van der Waals surface area contributed by atoms with Gasteiger partial charge < -0.3 is 10.1 Å². The second-order valence-corrected chi connectivity index (χ2v) is 6.55. The van der Waals surface area contributed by atoms with Crippen LogP contribution >= 0.6 is 11.8 Å². The Kier molecular flexibility index (Phi) is 5.74. The molecular weight excluding hydrogens is 254 g/mol. The predicted octanol–water partition coefficient (Wildman–Crippen LogP) is 3.55. The van der Waals surface area contributed by atoms with E-state index >= 15 is 0 Å². The molecule has 2 rings (SSSR count). The van der Waals surface area contributed by atoms with Crippen LogP contribution in [0.15, 0.2) is 23.1 Å². The summed E-state index contributed by atoms with van der Waals surface area (Å²) in [5.41, 5.74) is 2.72. The van der Waals surface area contributed by atoms with Gasteiger partial charge in [-0.25, -0.2) is 0 Å². The van der Waals surface area contributed by atoms with Crippen molar-refractivity contribution in [2.45, 2.75) is 50.7 Å². The highest BCUT2D eigenvalue weighted by Gasteiger charge is 2.21. The van der Waals surface area contributed by atoms with Crippen LogP contribution in [0.1, 0.15) is 30.9 Å². The van der Waals surface area contributed by atoms with E-state index in [-0.39, 0.29) is 0 Å². The lowest BCUT2D eigenvalue weighted by molar-refractivity contribution is 0.0844. The predicted molar refractivity (Wildman–Crippen MR) is 83.1 cm³/mol. The molecule has 1 saturated heterocycles. The van der Waals surface area contributed by atoms with Crippen LogP contribution < -0.4 is 5.32 Å². The number of nitrogens with one attached hydrogen (secondary N) is 1. The van der Waals surface area contributed by atoms with Gasteiger partial charge in [0.2, 0.25) is 0 Å². The van der Waals surface area contributed by atoms with Crippen molar-refractivity contribution >= 4 is 11.8 Å². The summed E-state index contributed by atoms with van der Waals surface area (Å²) in [6, 6.07) is 7.14. The minimum atomic E-state index is 0.422. The van der Waals surface area contributed by atoms with Crippen molar-refractivity contribution in [2.75, 3.05) is 18.9 Å². The Morgan fingerprint density at radius 3 is 3.00 bits per heavy atom. The van der Waals surface area contributed by atoms with E-state index < -0.39 is 0 Å². The van der Waals surface area contributed by atoms with Gasteiger partial charge in [-0.2, -0.15) is 0 Å². The maximum Gasteiger partial charge on any atom is 0.0726 e. The Bertz CT molecular complexity index is 402. The van der Waals surface area contributed by atoms with Crippen molar-refractivity contribution in [3.05, 3.63) is 29.3 Å². The van der Waals surface area contributed by atoms with E-state index in [4.69, 9.17) is 4.74 Å². The number of thioether (sulfide) groups is 1. The van der Waals surface area contributed by atoms with Crippen LogP contribution in [0.3, 0.4) is 0 Å². The zero-order chi connectivity index (χ0) is 13.7. The zero-order valence-corrected chi connectivity index (χ0v) is 13.1. The molecule has 2 unspecified atom stereocenters. The first-order chi connectivity index (χ1) is 9.16. The molecule has 2 atom stereocenters. The molecule has 2 nitrogen and oxygen atoms in total. The van der Waals surface area contributed by atoms with Gasteiger partial charge in [0.25, 0.3) is 0 Å². The van der Waals surface area contributed by atoms with Gasteiger partial charge in [0.05, 0.1) is 6.10 Å². The lowest BCUT2D eigenvalue weighted by Crippen LogP contribution is -2.38. The first kappa shape index (κ1) is 14.9. The SMILES string of the molecule is Cc1ccc(C)c(SCCNC(C)C2CCCO2)c1. The fourth-order valence-electron chi connectivity index (χ4n) is 2.44. The number of hydrogen-bond acceptors (Lipinski definition) is 3. The Morgan fingerprint density at radius 1 is 1.42 bits per heavy atom. The Labute approximate surface area is 121 Å². The van der Waals surface area contributed by atoms with Crippen molar-refractivity contribution < 1.29 is 4.74 Å². The molecule has 1 aliphatic heterocycles. The highest BCUT2D eigenvalue weighted by atomic mass is 32.2. The normalized spacial score (nSPS) is 20.7. The monoisotopic (exact) mass is 279 g/mol. The Balaban J connectivity index is 1.70. The number of aryl methyl sites for hydroxylation is 2. The van der Waals surface area contributed by atoms with Gasteiger partial charge in [0.1, 0.15) is 0 Å². The number of benzene rings is 1. The van der Waals surface area contributed by atoms with Crippen molar-refractivity contribution in [2.24, 2.45) is 0 Å². The van der Waals surface area contributed by atoms with E-state index in [2.05, 4.69) is 44.3 Å². The van der Waals surface area contributed by atoms with Crippen LogP contribution in [-0.4, -0.2) is 31.1 Å². The molecule has 1 N–H and O–H groups in total. The summed E-state index contributed by atoms with van der Waals surface area (Å²) in [5.74, 6) is 1.11. The number of ether oxygens (including phenoxy) is 1. The average Bonchev–Trinajstić information content (AvgIpc) is 2.92. The highest BCUT2D eigenvalue weighted by Crippen LogP contribution is 2.23. The molecule has 0 amide bonds. The first-order valence-corrected chi connectivity index (χ1v) is 8.20. The number of rotatable bonds is 6. The molecule has 1 aromatic rings. The van der Waals surface area contributed by atoms with E-state index in [9.17, 15) is 0 Å². The highest BCUT2D eigenvalue weighted by molar-refractivity contribution is 7.99. The third-order valence-electron chi connectivity index (χ3n) is 3.69. The van der Waals surface area contributed by atoms with Gasteiger partial charge in [-0.1, -0.05) is 17.7 Å². The van der Waals surface area contributed by atoms with E-state index in [1.165, 1.54) is 28.9 Å². The quantitative estimate of drug-likeness (QED) is 0.635. The van der Waals surface area contributed by atoms with E-state index in [0.29, 0.717) is 12.1 Å². The summed E-state index contributed by atoms with van der Waals surface area (Å²) < 4.78 is 5.70. The molecule has 0 aliphatic carbocycles. The first-order valence-electron chi connectivity index (χ1n) is 7.22. The fraction of sp³-hybridized carbons (Fsp3) is 0.625. The summed E-state index contributed by atoms with van der Waals surface area (Å²) in [6.45, 7) is 8.55. The zero-order valence-electron chi connectivity index (χ0n) is 12.2. The van der Waals surface area contributed by atoms with Crippen molar-refractivity contribution in [3.63, 3.8) is 0 Å². The molecule has 3 heteroatoms. The van der Waals surface area contributed by atoms with Gasteiger partial charge in [-0.15, -0.1) is 11.8 Å². The molecule has 1 aromatic carbocycles. The van der Waals surface area contributed by atoms with Crippen LogP contribution in [0.5, 0.6) is 0 Å².